The van der Waals surface area contributed by atoms with Crippen molar-refractivity contribution >= 4 is 22.9 Å². The molecule has 0 unspecified atom stereocenters. The number of hydrogen-bond donors (Lipinski definition) is 2. The predicted octanol–water partition coefficient (Wildman–Crippen LogP) is 1.21. The highest BCUT2D eigenvalue weighted by Gasteiger charge is 2.11. The first-order chi connectivity index (χ1) is 6.59. The normalized spacial score (nSPS) is 10.6. The number of hydrogen-bond acceptors (Lipinski definition) is 5. The molecule has 0 fully saturated rings. The summed E-state index contributed by atoms with van der Waals surface area (Å²) >= 11 is 0. The maximum absolute atomic E-state index is 5.66. The molecule has 2 rings (SSSR count). The van der Waals surface area contributed by atoms with Gasteiger partial charge in [-0.1, -0.05) is 7.43 Å². The lowest BCUT2D eigenvalue weighted by Gasteiger charge is -2.06. The van der Waals surface area contributed by atoms with Crippen LogP contribution in [-0.2, 0) is 0 Å². The van der Waals surface area contributed by atoms with Gasteiger partial charge in [-0.2, -0.15) is 9.97 Å². The molecule has 0 spiro atoms. The first-order valence-electron chi connectivity index (χ1n) is 4.35. The summed E-state index contributed by atoms with van der Waals surface area (Å²) in [4.78, 5) is 12.1. The molecule has 0 aliphatic carbocycles. The molecule has 6 nitrogen and oxygen atoms in total. The Bertz CT molecular complexity index is 473. The van der Waals surface area contributed by atoms with Gasteiger partial charge in [-0.05, 0) is 13.8 Å². The van der Waals surface area contributed by atoms with Crippen LogP contribution >= 0.6 is 0 Å². The van der Waals surface area contributed by atoms with Gasteiger partial charge in [0.05, 0.1) is 6.33 Å². The zero-order valence-electron chi connectivity index (χ0n) is 8.10. The molecular weight excluding hydrogens is 192 g/mol. The van der Waals surface area contributed by atoms with E-state index in [0.29, 0.717) is 17.0 Å². The third-order valence-corrected chi connectivity index (χ3v) is 2.02. The summed E-state index contributed by atoms with van der Waals surface area (Å²) in [5, 5.41) is 0. The lowest BCUT2D eigenvalue weighted by molar-refractivity contribution is 0.613. The molecular formula is C9H16N6. The van der Waals surface area contributed by atoms with Gasteiger partial charge in [0.25, 0.3) is 0 Å². The summed E-state index contributed by atoms with van der Waals surface area (Å²) in [5.41, 5.74) is 12.5. The Hall–Kier alpha value is -1.85. The number of nitrogen functional groups attached to an aromatic ring is 2. The number of aromatic nitrogens is 4. The smallest absolute Gasteiger partial charge is 0.224 e. The van der Waals surface area contributed by atoms with E-state index in [1.165, 1.54) is 0 Å². The van der Waals surface area contributed by atoms with Crippen LogP contribution in [0.2, 0.25) is 0 Å². The fourth-order valence-corrected chi connectivity index (χ4v) is 1.33. The maximum Gasteiger partial charge on any atom is 0.224 e. The van der Waals surface area contributed by atoms with Crippen molar-refractivity contribution in [1.82, 2.24) is 19.5 Å². The van der Waals surface area contributed by atoms with Gasteiger partial charge < -0.3 is 16.0 Å². The molecule has 0 saturated carbocycles. The average Bonchev–Trinajstić information content (AvgIpc) is 2.47. The second kappa shape index (κ2) is 3.72. The van der Waals surface area contributed by atoms with Crippen LogP contribution in [-0.4, -0.2) is 19.5 Å². The summed E-state index contributed by atoms with van der Waals surface area (Å²) < 4.78 is 1.91. The average molecular weight is 208 g/mol. The lowest BCUT2D eigenvalue weighted by Crippen LogP contribution is -2.04. The molecule has 0 atom stereocenters. The Morgan fingerprint density at radius 2 is 1.93 bits per heavy atom. The van der Waals surface area contributed by atoms with Crippen LogP contribution in [0, 0.1) is 0 Å². The number of nitrogens with two attached hydrogens (primary N) is 2. The van der Waals surface area contributed by atoms with Gasteiger partial charge in [-0.15, -0.1) is 0 Å². The molecule has 0 radical (unpaired) electrons. The van der Waals surface area contributed by atoms with Crippen molar-refractivity contribution in [2.45, 2.75) is 27.3 Å². The quantitative estimate of drug-likeness (QED) is 0.734. The van der Waals surface area contributed by atoms with E-state index in [1.54, 1.807) is 6.33 Å². The summed E-state index contributed by atoms with van der Waals surface area (Å²) in [6.45, 7) is 4.07. The highest BCUT2D eigenvalue weighted by molar-refractivity contribution is 5.82. The van der Waals surface area contributed by atoms with Gasteiger partial charge in [0.15, 0.2) is 11.5 Å². The Kier molecular flexibility index (Phi) is 2.78. The number of nitrogens with zero attached hydrogens (tertiary/aromatic N) is 4. The molecule has 6 heteroatoms. The minimum Gasteiger partial charge on any atom is -0.382 e. The molecule has 0 bridgehead atoms. The Balaban J connectivity index is 0.00000112. The highest BCUT2D eigenvalue weighted by Crippen LogP contribution is 2.19. The van der Waals surface area contributed by atoms with Gasteiger partial charge in [0, 0.05) is 6.04 Å². The predicted molar refractivity (Wildman–Crippen MR) is 61.3 cm³/mol. The largest absolute Gasteiger partial charge is 0.382 e. The van der Waals surface area contributed by atoms with Crippen LogP contribution in [0.4, 0.5) is 11.8 Å². The Morgan fingerprint density at radius 3 is 2.53 bits per heavy atom. The third-order valence-electron chi connectivity index (χ3n) is 2.02. The van der Waals surface area contributed by atoms with E-state index in [9.17, 15) is 0 Å². The second-order valence-corrected chi connectivity index (χ2v) is 3.38. The number of imidazole rings is 1. The SMILES string of the molecule is C.CC(C)n1cnc2c(N)nc(N)nc21. The number of rotatable bonds is 1. The fraction of sp³-hybridized carbons (Fsp3) is 0.444. The van der Waals surface area contributed by atoms with E-state index < -0.39 is 0 Å². The summed E-state index contributed by atoms with van der Waals surface area (Å²) in [7, 11) is 0. The van der Waals surface area contributed by atoms with E-state index in [0.717, 1.165) is 0 Å². The van der Waals surface area contributed by atoms with Crippen LogP contribution in [0.5, 0.6) is 0 Å². The summed E-state index contributed by atoms with van der Waals surface area (Å²) in [6.07, 6.45) is 1.69. The van der Waals surface area contributed by atoms with Crippen molar-refractivity contribution in [1.29, 1.82) is 0 Å². The first kappa shape index (κ1) is 11.2. The van der Waals surface area contributed by atoms with Crippen LogP contribution < -0.4 is 11.5 Å². The zero-order chi connectivity index (χ0) is 10.3. The molecule has 0 aliphatic rings. The molecule has 15 heavy (non-hydrogen) atoms. The van der Waals surface area contributed by atoms with E-state index in [-0.39, 0.29) is 19.4 Å². The molecule has 2 aromatic heterocycles. The molecule has 4 N–H and O–H groups in total. The van der Waals surface area contributed by atoms with Crippen LogP contribution in [0.3, 0.4) is 0 Å². The molecule has 82 valence electrons. The Morgan fingerprint density at radius 1 is 1.27 bits per heavy atom. The topological polar surface area (TPSA) is 95.6 Å². The number of fused-ring (bicyclic) bond motifs is 1. The minimum absolute atomic E-state index is 0. The van der Waals surface area contributed by atoms with Crippen molar-refractivity contribution in [2.24, 2.45) is 0 Å². The molecule has 2 aromatic rings. The monoisotopic (exact) mass is 208 g/mol. The molecule has 0 amide bonds. The minimum atomic E-state index is 0. The van der Waals surface area contributed by atoms with Crippen molar-refractivity contribution < 1.29 is 0 Å². The summed E-state index contributed by atoms with van der Waals surface area (Å²) in [6, 6.07) is 0.272. The molecule has 2 heterocycles. The second-order valence-electron chi connectivity index (χ2n) is 3.38. The van der Waals surface area contributed by atoms with Crippen molar-refractivity contribution in [2.75, 3.05) is 11.5 Å². The van der Waals surface area contributed by atoms with Gasteiger partial charge in [0.2, 0.25) is 5.95 Å². The van der Waals surface area contributed by atoms with Crippen molar-refractivity contribution in [3.63, 3.8) is 0 Å². The van der Waals surface area contributed by atoms with Gasteiger partial charge in [-0.25, -0.2) is 4.98 Å². The maximum atomic E-state index is 5.66. The molecule has 0 aromatic carbocycles. The van der Waals surface area contributed by atoms with E-state index in [2.05, 4.69) is 15.0 Å². The lowest BCUT2D eigenvalue weighted by atomic mass is 10.4. The van der Waals surface area contributed by atoms with Gasteiger partial charge in [-0.3, -0.25) is 0 Å². The number of anilines is 2. The van der Waals surface area contributed by atoms with Crippen LogP contribution in [0.1, 0.15) is 27.3 Å². The molecule has 0 saturated heterocycles. The van der Waals surface area contributed by atoms with Crippen molar-refractivity contribution in [3.8, 4) is 0 Å². The highest BCUT2D eigenvalue weighted by atomic mass is 15.2. The molecule has 0 aliphatic heterocycles. The fourth-order valence-electron chi connectivity index (χ4n) is 1.33. The Labute approximate surface area is 88.3 Å². The van der Waals surface area contributed by atoms with Gasteiger partial charge >= 0.3 is 0 Å². The standard InChI is InChI=1S/C8H12N6.CH4/c1-4(2)14-3-11-5-6(9)12-8(10)13-7(5)14;/h3-4H,1-2H3,(H4,9,10,12,13);1H4. The van der Waals surface area contributed by atoms with Crippen LogP contribution in [0.25, 0.3) is 11.2 Å². The van der Waals surface area contributed by atoms with E-state index in [4.69, 9.17) is 11.5 Å². The summed E-state index contributed by atoms with van der Waals surface area (Å²) in [5.74, 6) is 0.504. The third kappa shape index (κ3) is 1.70. The van der Waals surface area contributed by atoms with Crippen molar-refractivity contribution in [3.05, 3.63) is 6.33 Å². The van der Waals surface area contributed by atoms with Gasteiger partial charge in [0.1, 0.15) is 5.52 Å². The zero-order valence-corrected chi connectivity index (χ0v) is 8.10. The van der Waals surface area contributed by atoms with E-state index >= 15 is 0 Å². The first-order valence-corrected chi connectivity index (χ1v) is 4.35. The van der Waals surface area contributed by atoms with Crippen LogP contribution in [0.15, 0.2) is 6.33 Å². The van der Waals surface area contributed by atoms with E-state index in [1.807, 2.05) is 18.4 Å².